The summed E-state index contributed by atoms with van der Waals surface area (Å²) >= 11 is 0. The molecule has 0 aliphatic heterocycles. The molecule has 0 radical (unpaired) electrons. The maximum atomic E-state index is 12.2. The van der Waals surface area contributed by atoms with Crippen molar-refractivity contribution in [3.05, 3.63) is 23.9 Å². The van der Waals surface area contributed by atoms with E-state index in [1.807, 2.05) is 19.2 Å². The molecular formula is C15H23N3O. The van der Waals surface area contributed by atoms with Gasteiger partial charge in [-0.2, -0.15) is 0 Å². The normalized spacial score (nSPS) is 26.8. The lowest BCUT2D eigenvalue weighted by Crippen LogP contribution is -2.43. The number of amides is 1. The summed E-state index contributed by atoms with van der Waals surface area (Å²) < 4.78 is 0. The molecule has 3 unspecified atom stereocenters. The molecule has 4 nitrogen and oxygen atoms in total. The summed E-state index contributed by atoms with van der Waals surface area (Å²) in [7, 11) is 1.81. The van der Waals surface area contributed by atoms with Gasteiger partial charge in [0.15, 0.2) is 0 Å². The van der Waals surface area contributed by atoms with Gasteiger partial charge in [-0.3, -0.25) is 4.79 Å². The van der Waals surface area contributed by atoms with Crippen molar-refractivity contribution in [2.24, 2.45) is 11.8 Å². The minimum atomic E-state index is -0.0129. The molecule has 3 atom stereocenters. The predicted molar refractivity (Wildman–Crippen MR) is 77.2 cm³/mol. The zero-order chi connectivity index (χ0) is 13.8. The highest BCUT2D eigenvalue weighted by molar-refractivity contribution is 5.94. The van der Waals surface area contributed by atoms with Crippen molar-refractivity contribution in [2.45, 2.75) is 39.2 Å². The maximum absolute atomic E-state index is 12.2. The van der Waals surface area contributed by atoms with Gasteiger partial charge in [0.25, 0.3) is 5.91 Å². The van der Waals surface area contributed by atoms with Crippen LogP contribution in [0.1, 0.15) is 43.5 Å². The van der Waals surface area contributed by atoms with E-state index in [0.717, 1.165) is 12.2 Å². The molecule has 0 spiro atoms. The van der Waals surface area contributed by atoms with Crippen molar-refractivity contribution in [3.63, 3.8) is 0 Å². The number of carbonyl (C=O) groups is 1. The second-order valence-electron chi connectivity index (χ2n) is 5.53. The number of rotatable bonds is 3. The van der Waals surface area contributed by atoms with Crippen LogP contribution < -0.4 is 10.6 Å². The van der Waals surface area contributed by atoms with Crippen molar-refractivity contribution in [2.75, 3.05) is 12.4 Å². The lowest BCUT2D eigenvalue weighted by Gasteiger charge is -2.34. The Labute approximate surface area is 115 Å². The largest absolute Gasteiger partial charge is 0.373 e. The summed E-state index contributed by atoms with van der Waals surface area (Å²) in [6.45, 7) is 4.50. The fourth-order valence-electron chi connectivity index (χ4n) is 2.71. The Bertz CT molecular complexity index is 430. The van der Waals surface area contributed by atoms with Gasteiger partial charge in [0.1, 0.15) is 5.82 Å². The number of hydrogen-bond donors (Lipinski definition) is 2. The molecule has 1 aliphatic carbocycles. The van der Waals surface area contributed by atoms with Crippen LogP contribution in [0.2, 0.25) is 0 Å². The molecule has 1 heterocycles. The van der Waals surface area contributed by atoms with Crippen LogP contribution in [0, 0.1) is 11.8 Å². The second kappa shape index (κ2) is 6.04. The fraction of sp³-hybridized carbons (Fsp3) is 0.600. The fourth-order valence-corrected chi connectivity index (χ4v) is 2.71. The Kier molecular flexibility index (Phi) is 4.40. The lowest BCUT2D eigenvalue weighted by atomic mass is 9.78. The lowest BCUT2D eigenvalue weighted by molar-refractivity contribution is 0.0891. The molecule has 1 amide bonds. The second-order valence-corrected chi connectivity index (χ2v) is 5.53. The zero-order valence-corrected chi connectivity index (χ0v) is 11.9. The van der Waals surface area contributed by atoms with Crippen LogP contribution in [-0.4, -0.2) is 24.0 Å². The summed E-state index contributed by atoms with van der Waals surface area (Å²) in [5.41, 5.74) is 0.629. The van der Waals surface area contributed by atoms with Crippen molar-refractivity contribution < 1.29 is 4.79 Å². The Morgan fingerprint density at radius 3 is 2.74 bits per heavy atom. The van der Waals surface area contributed by atoms with Crippen LogP contribution in [0.25, 0.3) is 0 Å². The van der Waals surface area contributed by atoms with Gasteiger partial charge in [0, 0.05) is 19.3 Å². The van der Waals surface area contributed by atoms with Crippen LogP contribution >= 0.6 is 0 Å². The van der Waals surface area contributed by atoms with Gasteiger partial charge in [-0.05, 0) is 30.4 Å². The van der Waals surface area contributed by atoms with Crippen molar-refractivity contribution >= 4 is 11.7 Å². The van der Waals surface area contributed by atoms with Gasteiger partial charge in [-0.25, -0.2) is 4.98 Å². The molecule has 19 heavy (non-hydrogen) atoms. The molecule has 0 bridgehead atoms. The van der Waals surface area contributed by atoms with Gasteiger partial charge in [0.05, 0.1) is 5.56 Å². The highest BCUT2D eigenvalue weighted by Crippen LogP contribution is 2.29. The smallest absolute Gasteiger partial charge is 0.253 e. The first kappa shape index (κ1) is 13.8. The number of aromatic nitrogens is 1. The first-order valence-corrected chi connectivity index (χ1v) is 7.06. The van der Waals surface area contributed by atoms with E-state index >= 15 is 0 Å². The van der Waals surface area contributed by atoms with Crippen LogP contribution in [-0.2, 0) is 0 Å². The molecule has 104 valence electrons. The van der Waals surface area contributed by atoms with Crippen LogP contribution in [0.5, 0.6) is 0 Å². The molecule has 1 aromatic heterocycles. The van der Waals surface area contributed by atoms with Gasteiger partial charge in [0.2, 0.25) is 0 Å². The maximum Gasteiger partial charge on any atom is 0.253 e. The molecule has 0 saturated heterocycles. The third-order valence-corrected chi connectivity index (χ3v) is 4.31. The number of hydrogen-bond acceptors (Lipinski definition) is 3. The van der Waals surface area contributed by atoms with E-state index < -0.39 is 0 Å². The third kappa shape index (κ3) is 3.25. The van der Waals surface area contributed by atoms with E-state index in [-0.39, 0.29) is 5.91 Å². The Hall–Kier alpha value is -1.58. The molecule has 2 rings (SSSR count). The first-order valence-electron chi connectivity index (χ1n) is 7.06. The summed E-state index contributed by atoms with van der Waals surface area (Å²) in [5.74, 6) is 1.99. The van der Waals surface area contributed by atoms with E-state index in [1.54, 1.807) is 6.20 Å². The monoisotopic (exact) mass is 261 g/mol. The Morgan fingerprint density at radius 2 is 2.11 bits per heavy atom. The Morgan fingerprint density at radius 1 is 1.32 bits per heavy atom. The molecule has 1 aliphatic rings. The summed E-state index contributed by atoms with van der Waals surface area (Å²) in [5, 5.41) is 6.10. The van der Waals surface area contributed by atoms with Gasteiger partial charge >= 0.3 is 0 Å². The van der Waals surface area contributed by atoms with E-state index in [9.17, 15) is 4.79 Å². The zero-order valence-electron chi connectivity index (χ0n) is 11.9. The van der Waals surface area contributed by atoms with E-state index in [1.165, 1.54) is 12.8 Å². The van der Waals surface area contributed by atoms with Gasteiger partial charge in [-0.15, -0.1) is 0 Å². The summed E-state index contributed by atoms with van der Waals surface area (Å²) in [4.78, 5) is 16.4. The SMILES string of the molecule is CNc1ccc(C(=O)NC2CCCC(C)C2C)cn1. The van der Waals surface area contributed by atoms with E-state index in [4.69, 9.17) is 0 Å². The number of pyridine rings is 1. The first-order chi connectivity index (χ1) is 9.11. The number of carbonyl (C=O) groups excluding carboxylic acids is 1. The minimum Gasteiger partial charge on any atom is -0.373 e. The summed E-state index contributed by atoms with van der Waals surface area (Å²) in [6.07, 6.45) is 5.18. The average molecular weight is 261 g/mol. The van der Waals surface area contributed by atoms with Crippen LogP contribution in [0.4, 0.5) is 5.82 Å². The predicted octanol–water partition coefficient (Wildman–Crippen LogP) is 2.68. The highest BCUT2D eigenvalue weighted by Gasteiger charge is 2.28. The number of nitrogens with one attached hydrogen (secondary N) is 2. The third-order valence-electron chi connectivity index (χ3n) is 4.31. The topological polar surface area (TPSA) is 54.0 Å². The van der Waals surface area contributed by atoms with Crippen molar-refractivity contribution in [3.8, 4) is 0 Å². The standard InChI is InChI=1S/C15H23N3O/c1-10-5-4-6-13(11(10)2)18-15(19)12-7-8-14(16-3)17-9-12/h7-11,13H,4-6H2,1-3H3,(H,16,17)(H,18,19). The molecule has 0 aromatic carbocycles. The molecule has 2 N–H and O–H groups in total. The molecule has 1 saturated carbocycles. The quantitative estimate of drug-likeness (QED) is 0.879. The highest BCUT2D eigenvalue weighted by atomic mass is 16.1. The van der Waals surface area contributed by atoms with E-state index in [2.05, 4.69) is 29.5 Å². The van der Waals surface area contributed by atoms with Crippen molar-refractivity contribution in [1.82, 2.24) is 10.3 Å². The molecule has 1 fully saturated rings. The number of anilines is 1. The number of nitrogens with zero attached hydrogens (tertiary/aromatic N) is 1. The van der Waals surface area contributed by atoms with Crippen LogP contribution in [0.3, 0.4) is 0 Å². The Balaban J connectivity index is 1.99. The molecule has 4 heteroatoms. The average Bonchev–Trinajstić information content (AvgIpc) is 2.44. The van der Waals surface area contributed by atoms with Gasteiger partial charge < -0.3 is 10.6 Å². The summed E-state index contributed by atoms with van der Waals surface area (Å²) in [6, 6.07) is 3.92. The molecular weight excluding hydrogens is 238 g/mol. The van der Waals surface area contributed by atoms with E-state index in [0.29, 0.717) is 23.4 Å². The minimum absolute atomic E-state index is 0.0129. The van der Waals surface area contributed by atoms with Crippen molar-refractivity contribution in [1.29, 1.82) is 0 Å². The molecule has 1 aromatic rings. The van der Waals surface area contributed by atoms with Crippen LogP contribution in [0.15, 0.2) is 18.3 Å². The van der Waals surface area contributed by atoms with Gasteiger partial charge in [-0.1, -0.05) is 26.7 Å².